The van der Waals surface area contributed by atoms with Crippen LogP contribution in [-0.4, -0.2) is 72.2 Å². The lowest BCUT2D eigenvalue weighted by atomic mass is 10.1. The Bertz CT molecular complexity index is 1890. The van der Waals surface area contributed by atoms with Gasteiger partial charge in [-0.3, -0.25) is 4.79 Å². The zero-order valence-electron chi connectivity index (χ0n) is 24.0. The lowest BCUT2D eigenvalue weighted by Crippen LogP contribution is -2.60. The summed E-state index contributed by atoms with van der Waals surface area (Å²) in [6.07, 6.45) is -1.33. The van der Waals surface area contributed by atoms with E-state index in [0.29, 0.717) is 27.2 Å². The van der Waals surface area contributed by atoms with Crippen molar-refractivity contribution in [3.63, 3.8) is 0 Å². The summed E-state index contributed by atoms with van der Waals surface area (Å²) in [6.45, 7) is -3.90. The van der Waals surface area contributed by atoms with Crippen molar-refractivity contribution in [2.45, 2.75) is 49.2 Å². The van der Waals surface area contributed by atoms with Gasteiger partial charge in [0.15, 0.2) is 10.8 Å². The third kappa shape index (κ3) is 7.51. The quantitative estimate of drug-likeness (QED) is 0.232. The molecule has 1 saturated carbocycles. The Balaban J connectivity index is 1.25. The first kappa shape index (κ1) is 32.7. The van der Waals surface area contributed by atoms with Gasteiger partial charge >= 0.3 is 13.0 Å². The van der Waals surface area contributed by atoms with Crippen LogP contribution in [0.4, 0.5) is 31.5 Å². The number of hydrogen-bond donors (Lipinski definition) is 1. The van der Waals surface area contributed by atoms with Crippen LogP contribution in [0, 0.1) is 5.82 Å². The Morgan fingerprint density at radius 2 is 1.79 bits per heavy atom. The normalized spacial score (nSPS) is 17.7. The van der Waals surface area contributed by atoms with Crippen molar-refractivity contribution in [1.29, 1.82) is 0 Å². The minimum absolute atomic E-state index is 0.0847. The molecule has 1 saturated heterocycles. The number of thiazole rings is 1. The summed E-state index contributed by atoms with van der Waals surface area (Å²) in [5, 5.41) is 2.96. The van der Waals surface area contributed by atoms with Crippen LogP contribution in [0.1, 0.15) is 30.1 Å². The van der Waals surface area contributed by atoms with Crippen LogP contribution in [0.2, 0.25) is 0 Å². The second-order valence-corrected chi connectivity index (χ2v) is 13.5. The van der Waals surface area contributed by atoms with Crippen molar-refractivity contribution in [3.8, 4) is 11.5 Å². The maximum Gasteiger partial charge on any atom is 0.573 e. The fraction of sp³-hybridized carbons (Fsp3) is 0.357. The average molecular weight is 703 g/mol. The van der Waals surface area contributed by atoms with Gasteiger partial charge in [0.25, 0.3) is 0 Å². The molecule has 1 N–H and O–H groups in total. The standard InChI is InChI=1S/C28H24F6N6O5S2/c29-20-11-18(44-26(30)31)4-3-16(20)12-36-25(41)21-14-39(27-38-24-22(46-27)13-35-23(37-24)15-1-2-15)9-10-40(21)47(42,43)19-7-5-17(6-8-19)45-28(32,33)34/h3-8,11,13,15,21,26H,1-2,9-10,12,14H2,(H,36,41)/t21-/m1/s1. The van der Waals surface area contributed by atoms with Crippen molar-refractivity contribution in [3.05, 3.63) is 65.9 Å². The van der Waals surface area contributed by atoms with Gasteiger partial charge in [0.2, 0.25) is 15.9 Å². The summed E-state index contributed by atoms with van der Waals surface area (Å²) >= 11 is 1.26. The van der Waals surface area contributed by atoms with Crippen molar-refractivity contribution >= 4 is 42.7 Å². The number of carbonyl (C=O) groups is 1. The molecule has 0 bridgehead atoms. The molecule has 2 aromatic carbocycles. The van der Waals surface area contributed by atoms with E-state index in [1.54, 1.807) is 11.1 Å². The van der Waals surface area contributed by atoms with Gasteiger partial charge in [-0.15, -0.1) is 13.2 Å². The first-order valence-corrected chi connectivity index (χ1v) is 16.3. The van der Waals surface area contributed by atoms with E-state index >= 15 is 0 Å². The van der Waals surface area contributed by atoms with Gasteiger partial charge in [0.05, 0.1) is 15.8 Å². The van der Waals surface area contributed by atoms with Gasteiger partial charge < -0.3 is 19.7 Å². The molecule has 47 heavy (non-hydrogen) atoms. The van der Waals surface area contributed by atoms with Crippen LogP contribution >= 0.6 is 11.3 Å². The summed E-state index contributed by atoms with van der Waals surface area (Å²) in [7, 11) is -4.46. The molecule has 4 aromatic rings. The van der Waals surface area contributed by atoms with E-state index < -0.39 is 58.8 Å². The van der Waals surface area contributed by atoms with Crippen LogP contribution < -0.4 is 19.7 Å². The predicted molar refractivity (Wildman–Crippen MR) is 155 cm³/mol. The summed E-state index contributed by atoms with van der Waals surface area (Å²) < 4.78 is 115. The van der Waals surface area contributed by atoms with E-state index in [0.717, 1.165) is 59.6 Å². The van der Waals surface area contributed by atoms with E-state index in [9.17, 15) is 39.6 Å². The van der Waals surface area contributed by atoms with Crippen molar-refractivity contribution in [1.82, 2.24) is 24.6 Å². The van der Waals surface area contributed by atoms with Crippen LogP contribution in [-0.2, 0) is 21.4 Å². The smallest absolute Gasteiger partial charge is 0.435 e. The van der Waals surface area contributed by atoms with E-state index in [1.807, 2.05) is 0 Å². The molecule has 1 aliphatic carbocycles. The molecule has 2 aromatic heterocycles. The topological polar surface area (TPSA) is 127 Å². The monoisotopic (exact) mass is 702 g/mol. The van der Waals surface area contributed by atoms with E-state index in [1.165, 1.54) is 11.3 Å². The van der Waals surface area contributed by atoms with Crippen molar-refractivity contribution in [2.75, 3.05) is 24.5 Å². The van der Waals surface area contributed by atoms with Gasteiger partial charge in [0.1, 0.15) is 29.2 Å². The number of sulfonamides is 1. The molecular weight excluding hydrogens is 678 g/mol. The number of aromatic nitrogens is 3. The Hall–Kier alpha value is -4.23. The highest BCUT2D eigenvalue weighted by atomic mass is 32.2. The number of hydrogen-bond acceptors (Lipinski definition) is 10. The van der Waals surface area contributed by atoms with Gasteiger partial charge in [-0.25, -0.2) is 22.8 Å². The molecule has 6 rings (SSSR count). The molecule has 2 fully saturated rings. The molecule has 19 heteroatoms. The Labute approximate surface area is 267 Å². The number of nitrogens with one attached hydrogen (secondary N) is 1. The van der Waals surface area contributed by atoms with Crippen LogP contribution in [0.3, 0.4) is 0 Å². The lowest BCUT2D eigenvalue weighted by Gasteiger charge is -2.39. The number of fused-ring (bicyclic) bond motifs is 1. The van der Waals surface area contributed by atoms with Crippen LogP contribution in [0.5, 0.6) is 11.5 Å². The third-order valence-corrected chi connectivity index (χ3v) is 10.3. The first-order chi connectivity index (χ1) is 22.3. The SMILES string of the molecule is O=C(NCc1ccc(OC(F)F)cc1F)[C@H]1CN(c2nc3nc(C4CC4)ncc3s2)CCN1S(=O)(=O)c1ccc(OC(F)(F)F)cc1. The molecule has 3 heterocycles. The predicted octanol–water partition coefficient (Wildman–Crippen LogP) is 4.80. The molecule has 0 radical (unpaired) electrons. The van der Waals surface area contributed by atoms with Gasteiger partial charge in [-0.1, -0.05) is 17.4 Å². The van der Waals surface area contributed by atoms with Crippen molar-refractivity contribution < 1.29 is 49.0 Å². The van der Waals surface area contributed by atoms with Gasteiger partial charge in [0, 0.05) is 43.7 Å². The second-order valence-electron chi connectivity index (χ2n) is 10.6. The van der Waals surface area contributed by atoms with E-state index in [2.05, 4.69) is 29.7 Å². The lowest BCUT2D eigenvalue weighted by molar-refractivity contribution is -0.274. The highest BCUT2D eigenvalue weighted by molar-refractivity contribution is 7.89. The number of nitrogens with zero attached hydrogens (tertiary/aromatic N) is 5. The highest BCUT2D eigenvalue weighted by Crippen LogP contribution is 2.39. The summed E-state index contributed by atoms with van der Waals surface area (Å²) in [5.74, 6) is -1.84. The molecule has 11 nitrogen and oxygen atoms in total. The molecule has 250 valence electrons. The van der Waals surface area contributed by atoms with Gasteiger partial charge in [-0.2, -0.15) is 18.1 Å². The first-order valence-electron chi connectivity index (χ1n) is 14.0. The Morgan fingerprint density at radius 3 is 2.45 bits per heavy atom. The number of alkyl halides is 5. The molecule has 1 atom stereocenters. The molecule has 1 amide bonds. The summed E-state index contributed by atoms with van der Waals surface area (Å²) in [4.78, 5) is 28.4. The van der Waals surface area contributed by atoms with E-state index in [4.69, 9.17) is 0 Å². The number of rotatable bonds is 10. The molecule has 0 spiro atoms. The maximum atomic E-state index is 14.6. The molecular formula is C28H24F6N6O5S2. The minimum Gasteiger partial charge on any atom is -0.435 e. The Kier molecular flexibility index (Phi) is 8.88. The van der Waals surface area contributed by atoms with Crippen LogP contribution in [0.15, 0.2) is 53.6 Å². The number of ether oxygens (including phenoxy) is 2. The number of carbonyl (C=O) groups excluding carboxylic acids is 1. The van der Waals surface area contributed by atoms with E-state index in [-0.39, 0.29) is 30.1 Å². The fourth-order valence-corrected chi connectivity index (χ4v) is 7.43. The minimum atomic E-state index is -4.98. The maximum absolute atomic E-state index is 14.6. The van der Waals surface area contributed by atoms with Crippen molar-refractivity contribution in [2.24, 2.45) is 0 Å². The third-order valence-electron chi connectivity index (χ3n) is 7.37. The zero-order chi connectivity index (χ0) is 33.5. The fourth-order valence-electron chi connectivity index (χ4n) is 4.95. The molecule has 2 aliphatic rings. The van der Waals surface area contributed by atoms with Crippen LogP contribution in [0.25, 0.3) is 10.3 Å². The zero-order valence-corrected chi connectivity index (χ0v) is 25.6. The number of halogens is 6. The Morgan fingerprint density at radius 1 is 1.06 bits per heavy atom. The number of benzene rings is 2. The summed E-state index contributed by atoms with van der Waals surface area (Å²) in [5.41, 5.74) is 0.382. The molecule has 0 unspecified atom stereocenters. The largest absolute Gasteiger partial charge is 0.573 e. The van der Waals surface area contributed by atoms with Gasteiger partial charge in [-0.05, 0) is 43.2 Å². The second kappa shape index (κ2) is 12.8. The molecule has 1 aliphatic heterocycles. The number of piperazine rings is 1. The highest BCUT2D eigenvalue weighted by Gasteiger charge is 2.41. The number of anilines is 1. The summed E-state index contributed by atoms with van der Waals surface area (Å²) in [6, 6.07) is 5.10. The average Bonchev–Trinajstić information content (AvgIpc) is 3.77. The number of amides is 1.